The molecule has 0 aliphatic carbocycles. The second-order valence-corrected chi connectivity index (χ2v) is 4.89. The zero-order valence-corrected chi connectivity index (χ0v) is 10.5. The van der Waals surface area contributed by atoms with E-state index in [-0.39, 0.29) is 23.5 Å². The molecule has 0 spiro atoms. The number of rotatable bonds is 5. The standard InChI is InChI=1S/C13H21NO2/c1-9(2)12(15)6-5-7-14-11(4)8-10(3)13(14)16/h9-10H,4-8H2,1-3H3. The fourth-order valence-electron chi connectivity index (χ4n) is 1.94. The fourth-order valence-corrected chi connectivity index (χ4v) is 1.94. The molecule has 1 saturated heterocycles. The van der Waals surface area contributed by atoms with E-state index in [0.717, 1.165) is 18.5 Å². The molecule has 0 aromatic rings. The first-order valence-corrected chi connectivity index (χ1v) is 5.95. The summed E-state index contributed by atoms with van der Waals surface area (Å²) in [5, 5.41) is 0. The van der Waals surface area contributed by atoms with E-state index in [1.165, 1.54) is 0 Å². The van der Waals surface area contributed by atoms with Gasteiger partial charge in [0.25, 0.3) is 0 Å². The van der Waals surface area contributed by atoms with Crippen LogP contribution in [0.25, 0.3) is 0 Å². The Morgan fingerprint density at radius 3 is 2.62 bits per heavy atom. The fraction of sp³-hybridized carbons (Fsp3) is 0.692. The van der Waals surface area contributed by atoms with Gasteiger partial charge in [0, 0.05) is 30.5 Å². The van der Waals surface area contributed by atoms with Crippen LogP contribution in [0.2, 0.25) is 0 Å². The molecule has 90 valence electrons. The quantitative estimate of drug-likeness (QED) is 0.717. The highest BCUT2D eigenvalue weighted by molar-refractivity contribution is 5.83. The van der Waals surface area contributed by atoms with Gasteiger partial charge in [-0.15, -0.1) is 0 Å². The van der Waals surface area contributed by atoms with E-state index in [2.05, 4.69) is 6.58 Å². The Morgan fingerprint density at radius 1 is 1.56 bits per heavy atom. The molecule has 0 aromatic carbocycles. The highest BCUT2D eigenvalue weighted by atomic mass is 16.2. The van der Waals surface area contributed by atoms with Crippen LogP contribution in [0, 0.1) is 11.8 Å². The molecule has 0 saturated carbocycles. The van der Waals surface area contributed by atoms with Gasteiger partial charge in [-0.3, -0.25) is 9.59 Å². The van der Waals surface area contributed by atoms with Crippen LogP contribution in [0.5, 0.6) is 0 Å². The summed E-state index contributed by atoms with van der Waals surface area (Å²) in [7, 11) is 0. The van der Waals surface area contributed by atoms with Crippen molar-refractivity contribution in [2.24, 2.45) is 11.8 Å². The molecule has 1 unspecified atom stereocenters. The van der Waals surface area contributed by atoms with E-state index in [4.69, 9.17) is 0 Å². The third-order valence-electron chi connectivity index (χ3n) is 3.06. The number of likely N-dealkylation sites (tertiary alicyclic amines) is 1. The van der Waals surface area contributed by atoms with Crippen molar-refractivity contribution >= 4 is 11.7 Å². The highest BCUT2D eigenvalue weighted by Crippen LogP contribution is 2.26. The van der Waals surface area contributed by atoms with Crippen LogP contribution in [0.4, 0.5) is 0 Å². The van der Waals surface area contributed by atoms with Crippen molar-refractivity contribution in [1.82, 2.24) is 4.90 Å². The van der Waals surface area contributed by atoms with E-state index >= 15 is 0 Å². The van der Waals surface area contributed by atoms with Crippen LogP contribution < -0.4 is 0 Å². The van der Waals surface area contributed by atoms with E-state index in [9.17, 15) is 9.59 Å². The van der Waals surface area contributed by atoms with Crippen molar-refractivity contribution in [2.45, 2.75) is 40.0 Å². The number of hydrogen-bond acceptors (Lipinski definition) is 2. The SMILES string of the molecule is C=C1CC(C)C(=O)N1CCCC(=O)C(C)C. The van der Waals surface area contributed by atoms with Gasteiger partial charge in [0.1, 0.15) is 5.78 Å². The van der Waals surface area contributed by atoms with Crippen LogP contribution >= 0.6 is 0 Å². The summed E-state index contributed by atoms with van der Waals surface area (Å²) >= 11 is 0. The van der Waals surface area contributed by atoms with Crippen molar-refractivity contribution in [3.05, 3.63) is 12.3 Å². The van der Waals surface area contributed by atoms with Gasteiger partial charge in [-0.05, 0) is 12.8 Å². The molecular formula is C13H21NO2. The van der Waals surface area contributed by atoms with Gasteiger partial charge in [-0.25, -0.2) is 0 Å². The third-order valence-corrected chi connectivity index (χ3v) is 3.06. The second-order valence-electron chi connectivity index (χ2n) is 4.89. The van der Waals surface area contributed by atoms with Gasteiger partial charge < -0.3 is 4.90 Å². The average molecular weight is 223 g/mol. The molecule has 1 atom stereocenters. The number of nitrogens with zero attached hydrogens (tertiary/aromatic N) is 1. The first-order valence-electron chi connectivity index (χ1n) is 5.95. The second kappa shape index (κ2) is 5.28. The van der Waals surface area contributed by atoms with E-state index in [1.807, 2.05) is 20.8 Å². The lowest BCUT2D eigenvalue weighted by Gasteiger charge is -2.17. The summed E-state index contributed by atoms with van der Waals surface area (Å²) in [5.41, 5.74) is 0.898. The average Bonchev–Trinajstić information content (AvgIpc) is 2.44. The Bertz CT molecular complexity index is 307. The number of hydrogen-bond donors (Lipinski definition) is 0. The maximum absolute atomic E-state index is 11.7. The minimum Gasteiger partial charge on any atom is -0.317 e. The molecule has 1 aliphatic heterocycles. The van der Waals surface area contributed by atoms with Crippen LogP contribution in [0.3, 0.4) is 0 Å². The molecule has 16 heavy (non-hydrogen) atoms. The summed E-state index contributed by atoms with van der Waals surface area (Å²) in [6.45, 7) is 10.3. The van der Waals surface area contributed by atoms with Gasteiger partial charge in [0.05, 0.1) is 0 Å². The van der Waals surface area contributed by atoms with Crippen LogP contribution in [-0.2, 0) is 9.59 Å². The third kappa shape index (κ3) is 2.94. The van der Waals surface area contributed by atoms with Crippen molar-refractivity contribution in [1.29, 1.82) is 0 Å². The van der Waals surface area contributed by atoms with E-state index in [1.54, 1.807) is 4.90 Å². The lowest BCUT2D eigenvalue weighted by Crippen LogP contribution is -2.27. The largest absolute Gasteiger partial charge is 0.317 e. The van der Waals surface area contributed by atoms with Gasteiger partial charge >= 0.3 is 0 Å². The van der Waals surface area contributed by atoms with Crippen LogP contribution in [-0.4, -0.2) is 23.1 Å². The lowest BCUT2D eigenvalue weighted by molar-refractivity contribution is -0.130. The van der Waals surface area contributed by atoms with Crippen molar-refractivity contribution < 1.29 is 9.59 Å². The summed E-state index contributed by atoms with van der Waals surface area (Å²) in [4.78, 5) is 24.9. The molecular weight excluding hydrogens is 202 g/mol. The summed E-state index contributed by atoms with van der Waals surface area (Å²) in [6, 6.07) is 0. The molecule has 0 radical (unpaired) electrons. The van der Waals surface area contributed by atoms with Crippen molar-refractivity contribution in [2.75, 3.05) is 6.54 Å². The Morgan fingerprint density at radius 2 is 2.19 bits per heavy atom. The van der Waals surface area contributed by atoms with Gasteiger partial charge in [0.15, 0.2) is 0 Å². The summed E-state index contributed by atoms with van der Waals surface area (Å²) in [6.07, 6.45) is 2.06. The number of amides is 1. The van der Waals surface area contributed by atoms with Crippen LogP contribution in [0.1, 0.15) is 40.0 Å². The monoisotopic (exact) mass is 223 g/mol. The maximum Gasteiger partial charge on any atom is 0.229 e. The van der Waals surface area contributed by atoms with Crippen LogP contribution in [0.15, 0.2) is 12.3 Å². The smallest absolute Gasteiger partial charge is 0.229 e. The molecule has 0 aromatic heterocycles. The molecule has 1 fully saturated rings. The van der Waals surface area contributed by atoms with Gasteiger partial charge in [-0.2, -0.15) is 0 Å². The number of allylic oxidation sites excluding steroid dienone is 1. The molecule has 0 bridgehead atoms. The number of ketones is 1. The summed E-state index contributed by atoms with van der Waals surface area (Å²) < 4.78 is 0. The predicted octanol–water partition coefficient (Wildman–Crippen LogP) is 2.37. The molecule has 1 heterocycles. The molecule has 3 heteroatoms. The van der Waals surface area contributed by atoms with Gasteiger partial charge in [-0.1, -0.05) is 27.4 Å². The minimum atomic E-state index is 0.0632. The topological polar surface area (TPSA) is 37.4 Å². The first kappa shape index (κ1) is 12.9. The number of Topliss-reactive ketones (excluding diaryl/α,β-unsaturated/α-hetero) is 1. The van der Waals surface area contributed by atoms with E-state index in [0.29, 0.717) is 13.0 Å². The van der Waals surface area contributed by atoms with Gasteiger partial charge in [0.2, 0.25) is 5.91 Å². The van der Waals surface area contributed by atoms with Crippen molar-refractivity contribution in [3.63, 3.8) is 0 Å². The Kier molecular flexibility index (Phi) is 4.27. The number of carbonyl (C=O) groups is 2. The molecule has 1 rings (SSSR count). The Balaban J connectivity index is 2.36. The number of carbonyl (C=O) groups excluding carboxylic acids is 2. The molecule has 1 aliphatic rings. The molecule has 3 nitrogen and oxygen atoms in total. The summed E-state index contributed by atoms with van der Waals surface area (Å²) in [5.74, 6) is 0.581. The highest BCUT2D eigenvalue weighted by Gasteiger charge is 2.30. The molecule has 1 amide bonds. The zero-order chi connectivity index (χ0) is 12.3. The van der Waals surface area contributed by atoms with Crippen molar-refractivity contribution in [3.8, 4) is 0 Å². The minimum absolute atomic E-state index is 0.0632. The maximum atomic E-state index is 11.7. The lowest BCUT2D eigenvalue weighted by atomic mass is 10.0. The Labute approximate surface area is 97.5 Å². The van der Waals surface area contributed by atoms with E-state index < -0.39 is 0 Å². The predicted molar refractivity (Wildman–Crippen MR) is 63.7 cm³/mol. The molecule has 0 N–H and O–H groups in total. The normalized spacial score (nSPS) is 21.0. The Hall–Kier alpha value is -1.12. The zero-order valence-electron chi connectivity index (χ0n) is 10.5. The first-order chi connectivity index (χ1) is 7.43.